The van der Waals surface area contributed by atoms with E-state index in [1.54, 1.807) is 0 Å². The van der Waals surface area contributed by atoms with E-state index >= 15 is 0 Å². The number of anilines is 1. The third-order valence-electron chi connectivity index (χ3n) is 2.41. The Kier molecular flexibility index (Phi) is 4.36. The number of nitrogens with two attached hydrogens (primary N) is 2. The van der Waals surface area contributed by atoms with E-state index in [0.717, 1.165) is 0 Å². The maximum absolute atomic E-state index is 12.2. The van der Waals surface area contributed by atoms with E-state index in [-0.39, 0.29) is 27.8 Å². The molecule has 0 spiro atoms. The third-order valence-corrected chi connectivity index (χ3v) is 2.68. The Morgan fingerprint density at radius 1 is 1.17 bits per heavy atom. The van der Waals surface area contributed by atoms with Gasteiger partial charge in [0.1, 0.15) is 11.2 Å². The summed E-state index contributed by atoms with van der Waals surface area (Å²) in [6.07, 6.45) is -2.10. The Bertz CT molecular complexity index is 842. The number of primary amides is 1. The highest BCUT2D eigenvalue weighted by Gasteiger charge is 2.35. The molecule has 3 rings (SSSR count). The minimum Gasteiger partial charge on any atom is -0.382 e. The van der Waals surface area contributed by atoms with Gasteiger partial charge in [0.25, 0.3) is 5.91 Å². The van der Waals surface area contributed by atoms with Crippen molar-refractivity contribution < 1.29 is 18.0 Å². The number of hydrogen-bond donors (Lipinski definition) is 4. The lowest BCUT2D eigenvalue weighted by Crippen LogP contribution is -2.13. The molecule has 0 radical (unpaired) electrons. The van der Waals surface area contributed by atoms with Gasteiger partial charge in [0, 0.05) is 0 Å². The van der Waals surface area contributed by atoms with Crippen LogP contribution < -0.4 is 11.5 Å². The number of carbonyl (C=O) groups is 1. The first-order valence-electron chi connectivity index (χ1n) is 5.72. The number of rotatable bonds is 1. The van der Waals surface area contributed by atoms with Gasteiger partial charge in [0.15, 0.2) is 16.6 Å². The number of nitrogen functional groups attached to an aromatic ring is 1. The van der Waals surface area contributed by atoms with E-state index in [4.69, 9.17) is 23.1 Å². The fraction of sp³-hybridized carbons (Fsp3) is 0.100. The Hall–Kier alpha value is -2.89. The summed E-state index contributed by atoms with van der Waals surface area (Å²) in [5.74, 6) is -1.74. The number of nitrogens with one attached hydrogen (secondary N) is 2. The van der Waals surface area contributed by atoms with Gasteiger partial charge in [-0.25, -0.2) is 19.9 Å². The van der Waals surface area contributed by atoms with Crippen molar-refractivity contribution in [1.82, 2.24) is 29.9 Å². The zero-order valence-corrected chi connectivity index (χ0v) is 11.8. The number of alkyl halides is 3. The van der Waals surface area contributed by atoms with Crippen molar-refractivity contribution in [2.45, 2.75) is 6.18 Å². The second kappa shape index (κ2) is 6.08. The topological polar surface area (TPSA) is 152 Å². The zero-order valence-electron chi connectivity index (χ0n) is 11.0. The van der Waals surface area contributed by atoms with Crippen LogP contribution in [0.25, 0.3) is 11.2 Å². The van der Waals surface area contributed by atoms with Crippen molar-refractivity contribution in [3.63, 3.8) is 0 Å². The van der Waals surface area contributed by atoms with Gasteiger partial charge >= 0.3 is 6.18 Å². The summed E-state index contributed by atoms with van der Waals surface area (Å²) in [7, 11) is 0. The van der Waals surface area contributed by atoms with E-state index in [9.17, 15) is 18.0 Å². The predicted molar refractivity (Wildman–Crippen MR) is 73.2 cm³/mol. The molecule has 3 heterocycles. The second-order valence-electron chi connectivity index (χ2n) is 3.96. The van der Waals surface area contributed by atoms with Crippen LogP contribution in [0.15, 0.2) is 12.7 Å². The Morgan fingerprint density at radius 3 is 2.30 bits per heavy atom. The second-order valence-corrected chi connectivity index (χ2v) is 4.32. The zero-order chi connectivity index (χ0) is 17.2. The molecule has 0 fully saturated rings. The fourth-order valence-electron chi connectivity index (χ4n) is 1.43. The normalized spacial score (nSPS) is 11.1. The molecule has 0 aliphatic rings. The smallest absolute Gasteiger partial charge is 0.382 e. The molecular formula is C10H8ClF3N8O. The largest absolute Gasteiger partial charge is 0.451 e. The van der Waals surface area contributed by atoms with Crippen LogP contribution in [0.2, 0.25) is 5.15 Å². The van der Waals surface area contributed by atoms with Crippen molar-refractivity contribution in [1.29, 1.82) is 0 Å². The number of aromatic nitrogens is 6. The molecule has 122 valence electrons. The first-order chi connectivity index (χ1) is 10.7. The highest BCUT2D eigenvalue weighted by Crippen LogP contribution is 2.28. The molecular weight excluding hydrogens is 341 g/mol. The van der Waals surface area contributed by atoms with Gasteiger partial charge in [-0.2, -0.15) is 13.2 Å². The third kappa shape index (κ3) is 3.66. The highest BCUT2D eigenvalue weighted by atomic mass is 35.5. The number of hydrogen-bond acceptors (Lipinski definition) is 6. The molecule has 0 saturated heterocycles. The van der Waals surface area contributed by atoms with Gasteiger partial charge < -0.3 is 21.4 Å². The quantitative estimate of drug-likeness (QED) is 0.483. The molecule has 13 heteroatoms. The predicted octanol–water partition coefficient (Wildman–Crippen LogP) is 1.12. The summed E-state index contributed by atoms with van der Waals surface area (Å²) in [5.41, 5.74) is 10.3. The minimum absolute atomic E-state index is 0.0997. The molecule has 0 aliphatic carbocycles. The summed E-state index contributed by atoms with van der Waals surface area (Å²) in [5, 5.41) is -0.292. The van der Waals surface area contributed by atoms with Gasteiger partial charge in [-0.15, -0.1) is 0 Å². The first kappa shape index (κ1) is 16.5. The Morgan fingerprint density at radius 2 is 1.83 bits per heavy atom. The van der Waals surface area contributed by atoms with Crippen LogP contribution in [0.5, 0.6) is 0 Å². The molecule has 6 N–H and O–H groups in total. The lowest BCUT2D eigenvalue weighted by Gasteiger charge is -2.03. The molecule has 0 aromatic carbocycles. The lowest BCUT2D eigenvalue weighted by atomic mass is 10.4. The number of imidazole rings is 2. The highest BCUT2D eigenvalue weighted by molar-refractivity contribution is 6.33. The van der Waals surface area contributed by atoms with Crippen LogP contribution in [-0.2, 0) is 6.18 Å². The van der Waals surface area contributed by atoms with Gasteiger partial charge in [-0.1, -0.05) is 11.6 Å². The van der Waals surface area contributed by atoms with Crippen molar-refractivity contribution in [3.05, 3.63) is 29.3 Å². The summed E-state index contributed by atoms with van der Waals surface area (Å²) in [6.45, 7) is 0. The number of nitrogens with zero attached hydrogens (tertiary/aromatic N) is 4. The maximum atomic E-state index is 12.2. The van der Waals surface area contributed by atoms with Crippen LogP contribution >= 0.6 is 11.6 Å². The summed E-state index contributed by atoms with van der Waals surface area (Å²) in [6, 6.07) is 0. The molecule has 9 nitrogen and oxygen atoms in total. The number of amides is 1. The molecule has 3 aromatic heterocycles. The van der Waals surface area contributed by atoms with E-state index < -0.39 is 17.9 Å². The molecule has 23 heavy (non-hydrogen) atoms. The van der Waals surface area contributed by atoms with Gasteiger partial charge in [-0.05, 0) is 0 Å². The van der Waals surface area contributed by atoms with Crippen LogP contribution in [-0.4, -0.2) is 35.8 Å². The number of halogens is 4. The van der Waals surface area contributed by atoms with Crippen LogP contribution in [0.1, 0.15) is 16.3 Å². The van der Waals surface area contributed by atoms with Gasteiger partial charge in [-0.3, -0.25) is 4.79 Å². The number of H-pyrrole nitrogens is 2. The van der Waals surface area contributed by atoms with Gasteiger partial charge in [0.05, 0.1) is 12.7 Å². The fourth-order valence-corrected chi connectivity index (χ4v) is 1.65. The van der Waals surface area contributed by atoms with Crippen LogP contribution in [0.4, 0.5) is 19.0 Å². The number of fused-ring (bicyclic) bond motifs is 1. The summed E-state index contributed by atoms with van der Waals surface area (Å²) >= 11 is 5.49. The molecule has 0 saturated carbocycles. The first-order valence-corrected chi connectivity index (χ1v) is 6.10. The Balaban J connectivity index is 0.000000185. The van der Waals surface area contributed by atoms with Crippen molar-refractivity contribution in [2.75, 3.05) is 5.73 Å². The molecule has 0 bridgehead atoms. The lowest BCUT2D eigenvalue weighted by molar-refractivity contribution is -0.144. The van der Waals surface area contributed by atoms with Crippen molar-refractivity contribution >= 4 is 34.5 Å². The summed E-state index contributed by atoms with van der Waals surface area (Å²) < 4.78 is 36.5. The molecule has 0 atom stereocenters. The van der Waals surface area contributed by atoms with Crippen LogP contribution in [0.3, 0.4) is 0 Å². The standard InChI is InChI=1S/C6H2ClF3N4.C4H6N4O/c7-3-2-4(12-1-11-2)14-5(13-3)6(8,9)10;5-3-2(4(6)9)7-1-8-3/h1H,(H,11,12,13,14);1H,5H2,(H2,6,9)(H,7,8). The van der Waals surface area contributed by atoms with Crippen molar-refractivity contribution in [2.24, 2.45) is 5.73 Å². The van der Waals surface area contributed by atoms with Crippen LogP contribution in [0, 0.1) is 0 Å². The average Bonchev–Trinajstić information content (AvgIpc) is 3.06. The molecule has 0 aliphatic heterocycles. The number of aromatic amines is 2. The molecule has 1 amide bonds. The van der Waals surface area contributed by atoms with E-state index in [2.05, 4.69) is 29.9 Å². The van der Waals surface area contributed by atoms with E-state index in [1.807, 2.05) is 0 Å². The Labute approximate surface area is 130 Å². The molecule has 0 unspecified atom stereocenters. The average molecular weight is 349 g/mol. The van der Waals surface area contributed by atoms with E-state index in [1.165, 1.54) is 12.7 Å². The molecule has 3 aromatic rings. The van der Waals surface area contributed by atoms with Crippen molar-refractivity contribution in [3.8, 4) is 0 Å². The monoisotopic (exact) mass is 348 g/mol. The SMILES string of the molecule is FC(F)(F)c1nc(Cl)c2[nH]cnc2n1.NC(=O)c1[nH]cnc1N. The van der Waals surface area contributed by atoms with E-state index in [0.29, 0.717) is 0 Å². The minimum atomic E-state index is -4.61. The number of carbonyl (C=O) groups excluding carboxylic acids is 1. The van der Waals surface area contributed by atoms with Gasteiger partial charge in [0.2, 0.25) is 5.82 Å². The summed E-state index contributed by atoms with van der Waals surface area (Å²) in [4.78, 5) is 28.8. The maximum Gasteiger partial charge on any atom is 0.451 e.